The Morgan fingerprint density at radius 2 is 1.10 bits per heavy atom. The van der Waals surface area contributed by atoms with Gasteiger partial charge in [0.25, 0.3) is 0 Å². The monoisotopic (exact) mass is 270 g/mol. The van der Waals surface area contributed by atoms with Gasteiger partial charge in [-0.3, -0.25) is 9.59 Å². The second kappa shape index (κ2) is 5.17. The Morgan fingerprint density at radius 3 is 1.40 bits per heavy atom. The van der Waals surface area contributed by atoms with Crippen molar-refractivity contribution in [3.63, 3.8) is 0 Å². The van der Waals surface area contributed by atoms with E-state index in [-0.39, 0.29) is 22.6 Å². The van der Waals surface area contributed by atoms with Crippen LogP contribution in [-0.4, -0.2) is 22.8 Å². The molecule has 4 heteroatoms. The highest BCUT2D eigenvalue weighted by Gasteiger charge is 2.11. The van der Waals surface area contributed by atoms with Crippen LogP contribution in [0.4, 0.5) is 0 Å². The minimum atomic E-state index is -0.0464. The summed E-state index contributed by atoms with van der Waals surface area (Å²) in [6.07, 6.45) is 1.17. The van der Waals surface area contributed by atoms with Crippen LogP contribution in [0.2, 0.25) is 0 Å². The van der Waals surface area contributed by atoms with E-state index in [9.17, 15) is 19.8 Å². The van der Waals surface area contributed by atoms with E-state index in [1.54, 1.807) is 38.1 Å². The van der Waals surface area contributed by atoms with Crippen molar-refractivity contribution in [2.45, 2.75) is 13.8 Å². The van der Waals surface area contributed by atoms with Crippen LogP contribution < -0.4 is 0 Å². The third-order valence-corrected chi connectivity index (χ3v) is 3.25. The summed E-state index contributed by atoms with van der Waals surface area (Å²) in [6.45, 7) is 3.39. The average Bonchev–Trinajstić information content (AvgIpc) is 2.44. The number of rotatable bonds is 3. The normalized spacial score (nSPS) is 10.3. The van der Waals surface area contributed by atoms with Crippen molar-refractivity contribution in [3.8, 4) is 22.6 Å². The predicted molar refractivity (Wildman–Crippen MR) is 75.5 cm³/mol. The zero-order valence-electron chi connectivity index (χ0n) is 11.2. The fourth-order valence-electron chi connectivity index (χ4n) is 2.13. The summed E-state index contributed by atoms with van der Waals surface area (Å²) in [5, 5.41) is 19.5. The number of benzene rings is 2. The summed E-state index contributed by atoms with van der Waals surface area (Å²) in [4.78, 5) is 21.9. The highest BCUT2D eigenvalue weighted by atomic mass is 16.3. The second-order valence-corrected chi connectivity index (χ2v) is 4.70. The molecule has 0 saturated heterocycles. The van der Waals surface area contributed by atoms with E-state index in [2.05, 4.69) is 0 Å². The number of phenolic OH excluding ortho intramolecular Hbond substituents is 2. The number of phenols is 2. The number of hydrogen-bond acceptors (Lipinski definition) is 4. The van der Waals surface area contributed by atoms with Crippen molar-refractivity contribution in [2.75, 3.05) is 0 Å². The van der Waals surface area contributed by atoms with E-state index in [0.717, 1.165) is 0 Å². The molecule has 0 heterocycles. The summed E-state index contributed by atoms with van der Waals surface area (Å²) in [5.41, 5.74) is 2.94. The molecule has 0 unspecified atom stereocenters. The largest absolute Gasteiger partial charge is 0.507 e. The predicted octanol–water partition coefficient (Wildman–Crippen LogP) is 3.01. The molecule has 2 aromatic rings. The summed E-state index contributed by atoms with van der Waals surface area (Å²) < 4.78 is 0. The van der Waals surface area contributed by atoms with Gasteiger partial charge in [0, 0.05) is 0 Å². The minimum absolute atomic E-state index is 0.0464. The standard InChI is InChI=1S/C16H14O4/c1-9-3-11(5-13(7-17)15(9)19)12-4-10(2)16(20)14(6-12)8-18/h3-8,19-20H,1-2H3. The van der Waals surface area contributed by atoms with Crippen molar-refractivity contribution in [1.82, 2.24) is 0 Å². The number of aryl methyl sites for hydroxylation is 2. The van der Waals surface area contributed by atoms with Crippen LogP contribution in [0.5, 0.6) is 11.5 Å². The molecule has 20 heavy (non-hydrogen) atoms. The zero-order valence-corrected chi connectivity index (χ0v) is 11.2. The number of aldehydes is 2. The Balaban J connectivity index is 2.68. The first-order valence-electron chi connectivity index (χ1n) is 6.06. The molecular weight excluding hydrogens is 256 g/mol. The van der Waals surface area contributed by atoms with Gasteiger partial charge in [-0.25, -0.2) is 0 Å². The highest BCUT2D eigenvalue weighted by molar-refractivity contribution is 5.87. The highest BCUT2D eigenvalue weighted by Crippen LogP contribution is 2.32. The first-order chi connectivity index (χ1) is 9.47. The van der Waals surface area contributed by atoms with Crippen molar-refractivity contribution in [3.05, 3.63) is 46.5 Å². The SMILES string of the molecule is Cc1cc(-c2cc(C)c(O)c(C=O)c2)cc(C=O)c1O. The van der Waals surface area contributed by atoms with Crippen LogP contribution >= 0.6 is 0 Å². The molecular formula is C16H14O4. The molecule has 4 nitrogen and oxygen atoms in total. The topological polar surface area (TPSA) is 74.6 Å². The first-order valence-corrected chi connectivity index (χ1v) is 6.06. The Bertz CT molecular complexity index is 641. The molecule has 0 amide bonds. The minimum Gasteiger partial charge on any atom is -0.507 e. The van der Waals surface area contributed by atoms with Gasteiger partial charge >= 0.3 is 0 Å². The molecule has 0 saturated carbocycles. The maximum atomic E-state index is 11.0. The molecule has 102 valence electrons. The molecule has 0 aromatic heterocycles. The van der Waals surface area contributed by atoms with Gasteiger partial charge in [-0.15, -0.1) is 0 Å². The lowest BCUT2D eigenvalue weighted by Crippen LogP contribution is -1.91. The van der Waals surface area contributed by atoms with E-state index < -0.39 is 0 Å². The van der Waals surface area contributed by atoms with Crippen LogP contribution in [0, 0.1) is 13.8 Å². The Hall–Kier alpha value is -2.62. The molecule has 2 N–H and O–H groups in total. The van der Waals surface area contributed by atoms with E-state index in [0.29, 0.717) is 34.8 Å². The molecule has 0 aliphatic rings. The summed E-state index contributed by atoms with van der Waals surface area (Å²) >= 11 is 0. The second-order valence-electron chi connectivity index (χ2n) is 4.70. The number of hydrogen-bond donors (Lipinski definition) is 2. The van der Waals surface area contributed by atoms with Gasteiger partial charge in [-0.2, -0.15) is 0 Å². The number of carbonyl (C=O) groups is 2. The van der Waals surface area contributed by atoms with E-state index in [1.807, 2.05) is 0 Å². The molecule has 0 bridgehead atoms. The van der Waals surface area contributed by atoms with Crippen LogP contribution in [0.1, 0.15) is 31.8 Å². The van der Waals surface area contributed by atoms with Gasteiger partial charge in [-0.1, -0.05) is 0 Å². The smallest absolute Gasteiger partial charge is 0.153 e. The van der Waals surface area contributed by atoms with Gasteiger partial charge in [-0.05, 0) is 60.4 Å². The molecule has 0 radical (unpaired) electrons. The maximum Gasteiger partial charge on any atom is 0.153 e. The Morgan fingerprint density at radius 1 is 0.750 bits per heavy atom. The average molecular weight is 270 g/mol. The first kappa shape index (κ1) is 13.8. The molecule has 2 rings (SSSR count). The fraction of sp³-hybridized carbons (Fsp3) is 0.125. The van der Waals surface area contributed by atoms with Gasteiger partial charge < -0.3 is 10.2 Å². The number of aromatic hydroxyl groups is 2. The van der Waals surface area contributed by atoms with E-state index >= 15 is 0 Å². The van der Waals surface area contributed by atoms with Crippen LogP contribution in [-0.2, 0) is 0 Å². The van der Waals surface area contributed by atoms with Crippen molar-refractivity contribution in [2.24, 2.45) is 0 Å². The Labute approximate surface area is 116 Å². The van der Waals surface area contributed by atoms with Crippen molar-refractivity contribution < 1.29 is 19.8 Å². The third kappa shape index (κ3) is 2.28. The van der Waals surface area contributed by atoms with Crippen LogP contribution in [0.15, 0.2) is 24.3 Å². The fourth-order valence-corrected chi connectivity index (χ4v) is 2.13. The van der Waals surface area contributed by atoms with Gasteiger partial charge in [0.05, 0.1) is 11.1 Å². The van der Waals surface area contributed by atoms with Crippen molar-refractivity contribution >= 4 is 12.6 Å². The summed E-state index contributed by atoms with van der Waals surface area (Å²) in [5.74, 6) is -0.0928. The van der Waals surface area contributed by atoms with Gasteiger partial charge in [0.15, 0.2) is 12.6 Å². The van der Waals surface area contributed by atoms with E-state index in [1.165, 1.54) is 0 Å². The van der Waals surface area contributed by atoms with Gasteiger partial charge in [0.2, 0.25) is 0 Å². The quantitative estimate of drug-likeness (QED) is 0.841. The molecule has 2 aromatic carbocycles. The van der Waals surface area contributed by atoms with E-state index in [4.69, 9.17) is 0 Å². The zero-order chi connectivity index (χ0) is 14.9. The molecule has 0 atom stereocenters. The Kier molecular flexibility index (Phi) is 3.57. The lowest BCUT2D eigenvalue weighted by molar-refractivity contribution is 0.111. The molecule has 0 aliphatic heterocycles. The maximum absolute atomic E-state index is 11.0. The lowest BCUT2D eigenvalue weighted by Gasteiger charge is -2.10. The molecule has 0 spiro atoms. The van der Waals surface area contributed by atoms with Crippen LogP contribution in [0.25, 0.3) is 11.1 Å². The lowest BCUT2D eigenvalue weighted by atomic mass is 9.96. The van der Waals surface area contributed by atoms with Gasteiger partial charge in [0.1, 0.15) is 11.5 Å². The van der Waals surface area contributed by atoms with Crippen molar-refractivity contribution in [1.29, 1.82) is 0 Å². The van der Waals surface area contributed by atoms with Crippen LogP contribution in [0.3, 0.4) is 0 Å². The summed E-state index contributed by atoms with van der Waals surface area (Å²) in [7, 11) is 0. The molecule has 0 aliphatic carbocycles. The molecule has 0 fully saturated rings. The number of carbonyl (C=O) groups excluding carboxylic acids is 2. The third-order valence-electron chi connectivity index (χ3n) is 3.25. The summed E-state index contributed by atoms with van der Waals surface area (Å²) in [6, 6.07) is 6.55.